The van der Waals surface area contributed by atoms with Crippen molar-refractivity contribution in [3.8, 4) is 5.75 Å². The fourth-order valence-electron chi connectivity index (χ4n) is 4.02. The summed E-state index contributed by atoms with van der Waals surface area (Å²) in [4.78, 5) is 25.9. The second-order valence-corrected chi connectivity index (χ2v) is 8.02. The van der Waals surface area contributed by atoms with Crippen LogP contribution in [-0.2, 0) is 14.9 Å². The number of ether oxygens (including phenoxy) is 2. The molecule has 3 rings (SSSR count). The quantitative estimate of drug-likeness (QED) is 0.555. The lowest BCUT2D eigenvalue weighted by Gasteiger charge is -2.28. The average Bonchev–Trinajstić information content (AvgIpc) is 3.26. The monoisotopic (exact) mass is 427 g/mol. The van der Waals surface area contributed by atoms with Crippen molar-refractivity contribution in [3.63, 3.8) is 0 Å². The van der Waals surface area contributed by atoms with Crippen molar-refractivity contribution in [2.45, 2.75) is 64.4 Å². The molecule has 2 aromatic carbocycles. The second kappa shape index (κ2) is 9.94. The SMILES string of the molecule is CCOC(=O)c1cc(NC(=O)C2(c3ccc(F)cc3)CCCC2)ccc1O[C@H](C)CC. The van der Waals surface area contributed by atoms with E-state index >= 15 is 0 Å². The van der Waals surface area contributed by atoms with Crippen molar-refractivity contribution >= 4 is 17.6 Å². The predicted molar refractivity (Wildman–Crippen MR) is 118 cm³/mol. The summed E-state index contributed by atoms with van der Waals surface area (Å²) in [5.41, 5.74) is 0.885. The minimum atomic E-state index is -0.705. The van der Waals surface area contributed by atoms with Crippen LogP contribution in [-0.4, -0.2) is 24.6 Å². The van der Waals surface area contributed by atoms with Crippen molar-refractivity contribution in [2.24, 2.45) is 0 Å². The van der Waals surface area contributed by atoms with E-state index in [1.165, 1.54) is 12.1 Å². The molecule has 0 aromatic heterocycles. The summed E-state index contributed by atoms with van der Waals surface area (Å²) in [5.74, 6) is -0.541. The summed E-state index contributed by atoms with van der Waals surface area (Å²) >= 11 is 0. The zero-order chi connectivity index (χ0) is 22.4. The van der Waals surface area contributed by atoms with Gasteiger partial charge in [-0.2, -0.15) is 0 Å². The summed E-state index contributed by atoms with van der Waals surface area (Å²) in [5, 5.41) is 2.97. The molecular weight excluding hydrogens is 397 g/mol. The Morgan fingerprint density at radius 2 is 1.77 bits per heavy atom. The number of carbonyl (C=O) groups excluding carboxylic acids is 2. The van der Waals surface area contributed by atoms with Gasteiger partial charge in [0.15, 0.2) is 0 Å². The molecule has 1 N–H and O–H groups in total. The molecule has 0 heterocycles. The molecule has 6 heteroatoms. The maximum absolute atomic E-state index is 13.4. The predicted octanol–water partition coefficient (Wildman–Crippen LogP) is 5.63. The normalized spacial score (nSPS) is 15.9. The third kappa shape index (κ3) is 5.06. The lowest BCUT2D eigenvalue weighted by molar-refractivity contribution is -0.121. The van der Waals surface area contributed by atoms with Crippen molar-refractivity contribution in [1.29, 1.82) is 0 Å². The highest BCUT2D eigenvalue weighted by Gasteiger charge is 2.42. The Hall–Kier alpha value is -2.89. The number of carbonyl (C=O) groups is 2. The number of hydrogen-bond acceptors (Lipinski definition) is 4. The number of esters is 1. The molecule has 31 heavy (non-hydrogen) atoms. The fraction of sp³-hybridized carbons (Fsp3) is 0.440. The minimum Gasteiger partial charge on any atom is -0.490 e. The van der Waals surface area contributed by atoms with Crippen LogP contribution in [0.3, 0.4) is 0 Å². The number of anilines is 1. The minimum absolute atomic E-state index is 0.0612. The Labute approximate surface area is 182 Å². The van der Waals surface area contributed by atoms with Crippen LogP contribution in [0, 0.1) is 5.82 Å². The van der Waals surface area contributed by atoms with Crippen LogP contribution >= 0.6 is 0 Å². The number of rotatable bonds is 8. The average molecular weight is 428 g/mol. The molecule has 0 spiro atoms. The molecule has 2 aromatic rings. The van der Waals surface area contributed by atoms with Gasteiger partial charge in [-0.3, -0.25) is 4.79 Å². The Morgan fingerprint density at radius 1 is 1.10 bits per heavy atom. The molecule has 0 saturated heterocycles. The summed E-state index contributed by atoms with van der Waals surface area (Å²) < 4.78 is 24.5. The van der Waals surface area contributed by atoms with Gasteiger partial charge in [0.25, 0.3) is 0 Å². The zero-order valence-corrected chi connectivity index (χ0v) is 18.4. The van der Waals surface area contributed by atoms with Crippen molar-refractivity contribution in [2.75, 3.05) is 11.9 Å². The first-order valence-electron chi connectivity index (χ1n) is 10.9. The summed E-state index contributed by atoms with van der Waals surface area (Å²) in [6.45, 7) is 5.91. The molecule has 0 aliphatic heterocycles. The van der Waals surface area contributed by atoms with E-state index in [2.05, 4.69) is 5.32 Å². The number of halogens is 1. The largest absolute Gasteiger partial charge is 0.490 e. The lowest BCUT2D eigenvalue weighted by atomic mass is 9.78. The topological polar surface area (TPSA) is 64.6 Å². The van der Waals surface area contributed by atoms with Gasteiger partial charge < -0.3 is 14.8 Å². The summed E-state index contributed by atoms with van der Waals surface area (Å²) in [6.07, 6.45) is 3.99. The first-order chi connectivity index (χ1) is 14.9. The van der Waals surface area contributed by atoms with Crippen molar-refractivity contribution in [1.82, 2.24) is 0 Å². The van der Waals surface area contributed by atoms with Crippen LogP contribution < -0.4 is 10.1 Å². The Balaban J connectivity index is 1.89. The van der Waals surface area contributed by atoms with Crippen LogP contribution in [0.4, 0.5) is 10.1 Å². The third-order valence-corrected chi connectivity index (χ3v) is 5.92. The Bertz CT molecular complexity index is 920. The first kappa shape index (κ1) is 22.8. The molecule has 0 bridgehead atoms. The van der Waals surface area contributed by atoms with Gasteiger partial charge in [-0.1, -0.05) is 31.9 Å². The van der Waals surface area contributed by atoms with E-state index in [0.717, 1.165) is 24.8 Å². The molecule has 1 atom stereocenters. The summed E-state index contributed by atoms with van der Waals surface area (Å²) in [7, 11) is 0. The standard InChI is InChI=1S/C25H30FNO4/c1-4-17(3)31-22-13-12-20(16-21(22)23(28)30-5-2)27-24(29)25(14-6-7-15-25)18-8-10-19(26)11-9-18/h8-13,16-17H,4-7,14-15H2,1-3H3,(H,27,29)/t17-/m1/s1. The lowest BCUT2D eigenvalue weighted by Crippen LogP contribution is -2.38. The van der Waals surface area contributed by atoms with E-state index < -0.39 is 11.4 Å². The first-order valence-corrected chi connectivity index (χ1v) is 10.9. The van der Waals surface area contributed by atoms with Gasteiger partial charge in [0, 0.05) is 5.69 Å². The molecule has 166 valence electrons. The molecule has 1 aliphatic carbocycles. The molecule has 1 amide bonds. The fourth-order valence-corrected chi connectivity index (χ4v) is 4.02. The van der Waals surface area contributed by atoms with Gasteiger partial charge >= 0.3 is 5.97 Å². The highest BCUT2D eigenvalue weighted by atomic mass is 19.1. The maximum atomic E-state index is 13.4. The molecule has 1 fully saturated rings. The molecule has 5 nitrogen and oxygen atoms in total. The van der Waals surface area contributed by atoms with Gasteiger partial charge in [0.05, 0.1) is 18.1 Å². The van der Waals surface area contributed by atoms with E-state index in [-0.39, 0.29) is 30.0 Å². The van der Waals surface area contributed by atoms with Crippen molar-refractivity contribution < 1.29 is 23.5 Å². The molecule has 0 unspecified atom stereocenters. The Morgan fingerprint density at radius 3 is 2.39 bits per heavy atom. The van der Waals surface area contributed by atoms with Crippen LogP contribution in [0.15, 0.2) is 42.5 Å². The van der Waals surface area contributed by atoms with Gasteiger partial charge in [-0.15, -0.1) is 0 Å². The van der Waals surface area contributed by atoms with Gasteiger partial charge in [0.2, 0.25) is 5.91 Å². The maximum Gasteiger partial charge on any atom is 0.341 e. The van der Waals surface area contributed by atoms with Gasteiger partial charge in [-0.25, -0.2) is 9.18 Å². The smallest absolute Gasteiger partial charge is 0.341 e. The molecular formula is C25H30FNO4. The molecule has 1 aliphatic rings. The van der Waals surface area contributed by atoms with Gasteiger partial charge in [-0.05, 0) is 69.0 Å². The van der Waals surface area contributed by atoms with Crippen LogP contribution in [0.2, 0.25) is 0 Å². The second-order valence-electron chi connectivity index (χ2n) is 8.02. The highest BCUT2D eigenvalue weighted by molar-refractivity contribution is 6.01. The van der Waals surface area contributed by atoms with Crippen LogP contribution in [0.1, 0.15) is 68.8 Å². The molecule has 1 saturated carbocycles. The number of amides is 1. The van der Waals surface area contributed by atoms with E-state index in [1.54, 1.807) is 37.3 Å². The zero-order valence-electron chi connectivity index (χ0n) is 18.4. The van der Waals surface area contributed by atoms with E-state index in [9.17, 15) is 14.0 Å². The number of benzene rings is 2. The number of hydrogen-bond donors (Lipinski definition) is 1. The van der Waals surface area contributed by atoms with Gasteiger partial charge in [0.1, 0.15) is 17.1 Å². The van der Waals surface area contributed by atoms with Crippen molar-refractivity contribution in [3.05, 3.63) is 59.4 Å². The van der Waals surface area contributed by atoms with E-state index in [0.29, 0.717) is 24.3 Å². The van der Waals surface area contributed by atoms with Crippen LogP contribution in [0.5, 0.6) is 5.75 Å². The van der Waals surface area contributed by atoms with Crippen LogP contribution in [0.25, 0.3) is 0 Å². The molecule has 0 radical (unpaired) electrons. The summed E-state index contributed by atoms with van der Waals surface area (Å²) in [6, 6.07) is 11.2. The third-order valence-electron chi connectivity index (χ3n) is 5.92. The van der Waals surface area contributed by atoms with E-state index in [1.807, 2.05) is 13.8 Å². The number of nitrogens with one attached hydrogen (secondary N) is 1. The Kier molecular flexibility index (Phi) is 7.31. The van der Waals surface area contributed by atoms with E-state index in [4.69, 9.17) is 9.47 Å². The highest BCUT2D eigenvalue weighted by Crippen LogP contribution is 2.42.